The Kier molecular flexibility index (Phi) is 3.87. The molecule has 0 aliphatic rings. The van der Waals surface area contributed by atoms with Crippen LogP contribution >= 0.6 is 11.8 Å². The lowest BCUT2D eigenvalue weighted by molar-refractivity contribution is -0.0869. The molecule has 78 valence electrons. The van der Waals surface area contributed by atoms with Crippen molar-refractivity contribution in [3.63, 3.8) is 0 Å². The van der Waals surface area contributed by atoms with Crippen LogP contribution in [0.15, 0.2) is 46.2 Å². The number of terminal acetylenes is 1. The molecule has 0 N–H and O–H groups in total. The van der Waals surface area contributed by atoms with E-state index in [-0.39, 0.29) is 0 Å². The Bertz CT molecular complexity index is 385. The van der Waals surface area contributed by atoms with E-state index in [0.29, 0.717) is 0 Å². The number of halogens is 3. The van der Waals surface area contributed by atoms with Crippen LogP contribution in [0.1, 0.15) is 0 Å². The smallest absolute Gasteiger partial charge is 0.165 e. The van der Waals surface area contributed by atoms with E-state index in [1.54, 1.807) is 36.3 Å². The van der Waals surface area contributed by atoms with E-state index in [9.17, 15) is 13.2 Å². The van der Waals surface area contributed by atoms with Gasteiger partial charge in [0.2, 0.25) is 0 Å². The summed E-state index contributed by atoms with van der Waals surface area (Å²) in [5, 5.41) is 0.940. The standard InChI is InChI=1S/C11H7F3S/c1-2-9(11(12,13)14)8-15-10-6-4-3-5-7-10/h1,3-8H/b9-8+. The van der Waals surface area contributed by atoms with E-state index >= 15 is 0 Å². The number of hydrogen-bond donors (Lipinski definition) is 0. The Morgan fingerprint density at radius 3 is 2.33 bits per heavy atom. The largest absolute Gasteiger partial charge is 0.424 e. The summed E-state index contributed by atoms with van der Waals surface area (Å²) in [4.78, 5) is 0.717. The van der Waals surface area contributed by atoms with E-state index < -0.39 is 11.7 Å². The van der Waals surface area contributed by atoms with Crippen LogP contribution in [0.5, 0.6) is 0 Å². The summed E-state index contributed by atoms with van der Waals surface area (Å²) in [5.74, 6) is 1.63. The quantitative estimate of drug-likeness (QED) is 0.547. The SMILES string of the molecule is C#C/C(=C\Sc1ccccc1)C(F)(F)F. The molecule has 0 saturated heterocycles. The van der Waals surface area contributed by atoms with Crippen LogP contribution in [0.2, 0.25) is 0 Å². The van der Waals surface area contributed by atoms with Gasteiger partial charge in [0.25, 0.3) is 0 Å². The van der Waals surface area contributed by atoms with Crippen molar-refractivity contribution in [3.05, 3.63) is 41.3 Å². The van der Waals surface area contributed by atoms with Crippen molar-refractivity contribution in [3.8, 4) is 12.3 Å². The lowest BCUT2D eigenvalue weighted by Gasteiger charge is -2.04. The van der Waals surface area contributed by atoms with Gasteiger partial charge >= 0.3 is 6.18 Å². The average molecular weight is 228 g/mol. The molecule has 0 atom stereocenters. The minimum absolute atomic E-state index is 0.717. The molecule has 0 aromatic heterocycles. The third-order valence-electron chi connectivity index (χ3n) is 1.52. The van der Waals surface area contributed by atoms with Crippen molar-refractivity contribution in [2.24, 2.45) is 0 Å². The van der Waals surface area contributed by atoms with Gasteiger partial charge in [-0.1, -0.05) is 35.9 Å². The van der Waals surface area contributed by atoms with Crippen LogP contribution < -0.4 is 0 Å². The number of benzene rings is 1. The summed E-state index contributed by atoms with van der Waals surface area (Å²) in [5.41, 5.74) is -0.962. The first kappa shape index (κ1) is 11.7. The molecule has 1 rings (SSSR count). The molecule has 0 heterocycles. The highest BCUT2D eigenvalue weighted by Crippen LogP contribution is 2.29. The van der Waals surface area contributed by atoms with Gasteiger partial charge in [-0.05, 0) is 17.5 Å². The lowest BCUT2D eigenvalue weighted by atomic mass is 10.3. The van der Waals surface area contributed by atoms with Gasteiger partial charge in [-0.3, -0.25) is 0 Å². The van der Waals surface area contributed by atoms with Crippen LogP contribution in [0, 0.1) is 12.3 Å². The third-order valence-corrected chi connectivity index (χ3v) is 2.41. The second kappa shape index (κ2) is 4.94. The molecule has 0 saturated carbocycles. The van der Waals surface area contributed by atoms with Crippen LogP contribution in [0.25, 0.3) is 0 Å². The molecule has 0 bridgehead atoms. The monoisotopic (exact) mass is 228 g/mol. The van der Waals surface area contributed by atoms with Crippen LogP contribution in [0.3, 0.4) is 0 Å². The summed E-state index contributed by atoms with van der Waals surface area (Å²) in [6.45, 7) is 0. The van der Waals surface area contributed by atoms with Gasteiger partial charge in [0.05, 0.1) is 0 Å². The third kappa shape index (κ3) is 3.72. The molecule has 4 heteroatoms. The Morgan fingerprint density at radius 2 is 1.87 bits per heavy atom. The Morgan fingerprint density at radius 1 is 1.27 bits per heavy atom. The number of allylic oxidation sites excluding steroid dienone is 1. The fourth-order valence-electron chi connectivity index (χ4n) is 0.809. The predicted molar refractivity (Wildman–Crippen MR) is 55.3 cm³/mol. The van der Waals surface area contributed by atoms with E-state index in [0.717, 1.165) is 22.1 Å². The van der Waals surface area contributed by atoms with Crippen molar-refractivity contribution in [2.45, 2.75) is 11.1 Å². The molecule has 1 aromatic rings. The maximum Gasteiger partial charge on any atom is 0.424 e. The van der Waals surface area contributed by atoms with E-state index in [4.69, 9.17) is 6.42 Å². The topological polar surface area (TPSA) is 0 Å². The first-order chi connectivity index (χ1) is 7.04. The van der Waals surface area contributed by atoms with Crippen molar-refractivity contribution < 1.29 is 13.2 Å². The van der Waals surface area contributed by atoms with Gasteiger partial charge in [0.1, 0.15) is 5.57 Å². The second-order valence-corrected chi connectivity index (χ2v) is 3.55. The zero-order valence-electron chi connectivity index (χ0n) is 7.58. The summed E-state index contributed by atoms with van der Waals surface area (Å²) in [6, 6.07) is 8.72. The molecule has 0 aliphatic heterocycles. The molecule has 0 amide bonds. The lowest BCUT2D eigenvalue weighted by Crippen LogP contribution is -2.09. The second-order valence-electron chi connectivity index (χ2n) is 2.60. The minimum atomic E-state index is -4.45. The number of rotatable bonds is 2. The molecule has 0 spiro atoms. The first-order valence-corrected chi connectivity index (χ1v) is 4.87. The summed E-state index contributed by atoms with van der Waals surface area (Å²) < 4.78 is 36.6. The molecule has 0 fully saturated rings. The van der Waals surface area contributed by atoms with Gasteiger partial charge in [0, 0.05) is 4.90 Å². The van der Waals surface area contributed by atoms with E-state index in [2.05, 4.69) is 0 Å². The number of thioether (sulfide) groups is 1. The zero-order valence-corrected chi connectivity index (χ0v) is 8.40. The average Bonchev–Trinajstić information content (AvgIpc) is 2.18. The Labute approximate surface area is 90.2 Å². The molecule has 15 heavy (non-hydrogen) atoms. The molecule has 0 unspecified atom stereocenters. The molecule has 0 radical (unpaired) electrons. The van der Waals surface area contributed by atoms with Gasteiger partial charge in [-0.15, -0.1) is 6.42 Å². The van der Waals surface area contributed by atoms with Gasteiger partial charge in [-0.2, -0.15) is 13.2 Å². The van der Waals surface area contributed by atoms with Crippen LogP contribution in [-0.2, 0) is 0 Å². The van der Waals surface area contributed by atoms with Crippen molar-refractivity contribution in [1.82, 2.24) is 0 Å². The minimum Gasteiger partial charge on any atom is -0.165 e. The molecular weight excluding hydrogens is 221 g/mol. The van der Waals surface area contributed by atoms with Crippen LogP contribution in [0.4, 0.5) is 13.2 Å². The number of hydrogen-bond acceptors (Lipinski definition) is 1. The maximum atomic E-state index is 12.2. The highest BCUT2D eigenvalue weighted by Gasteiger charge is 2.32. The van der Waals surface area contributed by atoms with Gasteiger partial charge < -0.3 is 0 Å². The highest BCUT2D eigenvalue weighted by atomic mass is 32.2. The Balaban J connectivity index is 2.77. The van der Waals surface area contributed by atoms with Gasteiger partial charge in [0.15, 0.2) is 0 Å². The van der Waals surface area contributed by atoms with Crippen LogP contribution in [-0.4, -0.2) is 6.18 Å². The van der Waals surface area contributed by atoms with Gasteiger partial charge in [-0.25, -0.2) is 0 Å². The molecule has 1 aromatic carbocycles. The Hall–Kier alpha value is -1.34. The molecular formula is C11H7F3S. The number of alkyl halides is 3. The van der Waals surface area contributed by atoms with E-state index in [1.807, 2.05) is 0 Å². The fraction of sp³-hybridized carbons (Fsp3) is 0.0909. The van der Waals surface area contributed by atoms with Crippen molar-refractivity contribution in [2.75, 3.05) is 0 Å². The predicted octanol–water partition coefficient (Wildman–Crippen LogP) is 3.86. The fourth-order valence-corrected chi connectivity index (χ4v) is 1.58. The van der Waals surface area contributed by atoms with Crippen molar-refractivity contribution >= 4 is 11.8 Å². The first-order valence-electron chi connectivity index (χ1n) is 3.99. The molecule has 0 aliphatic carbocycles. The summed E-state index contributed by atoms with van der Waals surface area (Å²) >= 11 is 0.955. The van der Waals surface area contributed by atoms with Crippen molar-refractivity contribution in [1.29, 1.82) is 0 Å². The summed E-state index contributed by atoms with van der Waals surface area (Å²) in [7, 11) is 0. The highest BCUT2D eigenvalue weighted by molar-refractivity contribution is 8.02. The maximum absolute atomic E-state index is 12.2. The molecule has 0 nitrogen and oxygen atoms in total. The summed E-state index contributed by atoms with van der Waals surface area (Å²) in [6.07, 6.45) is 0.324. The van der Waals surface area contributed by atoms with E-state index in [1.165, 1.54) is 0 Å². The zero-order chi connectivity index (χ0) is 11.3. The normalized spacial score (nSPS) is 12.3.